The van der Waals surface area contributed by atoms with Crippen LogP contribution in [0, 0.1) is 0 Å². The number of aliphatic hydroxyl groups excluding tert-OH is 1. The molecule has 0 unspecified atom stereocenters. The second-order valence-electron chi connectivity index (χ2n) is 9.41. The van der Waals surface area contributed by atoms with Crippen LogP contribution in [0.1, 0.15) is 21.5 Å². The highest BCUT2D eigenvalue weighted by atomic mass is 32.2. The summed E-state index contributed by atoms with van der Waals surface area (Å²) >= 11 is 1.42. The zero-order valence-electron chi connectivity index (χ0n) is 22.0. The number of hydrogen-bond donors (Lipinski definition) is 1. The van der Waals surface area contributed by atoms with Crippen LogP contribution in [0.5, 0.6) is 0 Å². The molecular formula is C33H32O6S. The Morgan fingerprint density at radius 2 is 1.18 bits per heavy atom. The van der Waals surface area contributed by atoms with Crippen molar-refractivity contribution in [1.82, 2.24) is 0 Å². The topological polar surface area (TPSA) is 74.2 Å². The van der Waals surface area contributed by atoms with Crippen molar-refractivity contribution in [2.24, 2.45) is 0 Å². The number of hydrogen-bond acceptors (Lipinski definition) is 7. The minimum Gasteiger partial charge on any atom is -0.452 e. The molecule has 1 saturated heterocycles. The van der Waals surface area contributed by atoms with Gasteiger partial charge in [0.05, 0.1) is 25.4 Å². The lowest BCUT2D eigenvalue weighted by Crippen LogP contribution is -2.60. The standard InChI is InChI=1S/C33H32O6S/c34-21-28-29(36-22-24-13-5-1-6-14-24)30(37-23-25-15-7-2-8-16-25)31(39-32(35)26-17-9-3-10-18-26)33(38-28)40-27-19-11-4-12-20-27/h1-20,28-31,33-34H,21-23H2/t28-,29+,30+,31-,33+/m1/s1. The van der Waals surface area contributed by atoms with Crippen molar-refractivity contribution < 1.29 is 28.8 Å². The highest BCUT2D eigenvalue weighted by Gasteiger charge is 2.50. The number of carbonyl (C=O) groups is 1. The maximum atomic E-state index is 13.3. The predicted molar refractivity (Wildman–Crippen MR) is 154 cm³/mol. The zero-order chi connectivity index (χ0) is 27.6. The van der Waals surface area contributed by atoms with E-state index < -0.39 is 35.8 Å². The molecule has 1 aliphatic heterocycles. The van der Waals surface area contributed by atoms with E-state index in [2.05, 4.69) is 0 Å². The van der Waals surface area contributed by atoms with Gasteiger partial charge in [0, 0.05) is 4.90 Å². The van der Waals surface area contributed by atoms with Gasteiger partial charge in [0.15, 0.2) is 6.10 Å². The first-order valence-electron chi connectivity index (χ1n) is 13.3. The molecule has 7 heteroatoms. The summed E-state index contributed by atoms with van der Waals surface area (Å²) in [4.78, 5) is 14.3. The molecule has 0 amide bonds. The van der Waals surface area contributed by atoms with Gasteiger partial charge in [-0.1, -0.05) is 109 Å². The van der Waals surface area contributed by atoms with Gasteiger partial charge in [0.1, 0.15) is 23.7 Å². The fraction of sp³-hybridized carbons (Fsp3) is 0.242. The van der Waals surface area contributed by atoms with Gasteiger partial charge in [-0.2, -0.15) is 0 Å². The fourth-order valence-electron chi connectivity index (χ4n) is 4.57. The Hall–Kier alpha value is -3.46. The molecule has 1 N–H and O–H groups in total. The Morgan fingerprint density at radius 1 is 0.675 bits per heavy atom. The van der Waals surface area contributed by atoms with E-state index in [0.717, 1.165) is 16.0 Å². The number of aliphatic hydroxyl groups is 1. The Morgan fingerprint density at radius 3 is 1.73 bits per heavy atom. The number of benzene rings is 4. The molecule has 1 fully saturated rings. The van der Waals surface area contributed by atoms with Crippen LogP contribution in [0.4, 0.5) is 0 Å². The summed E-state index contributed by atoms with van der Waals surface area (Å²) in [5.74, 6) is -0.481. The lowest BCUT2D eigenvalue weighted by Gasteiger charge is -2.45. The monoisotopic (exact) mass is 556 g/mol. The van der Waals surface area contributed by atoms with Gasteiger partial charge in [-0.25, -0.2) is 4.79 Å². The van der Waals surface area contributed by atoms with Gasteiger partial charge in [0.2, 0.25) is 0 Å². The van der Waals surface area contributed by atoms with Crippen molar-refractivity contribution in [1.29, 1.82) is 0 Å². The molecule has 0 saturated carbocycles. The fourth-order valence-corrected chi connectivity index (χ4v) is 5.69. The van der Waals surface area contributed by atoms with E-state index >= 15 is 0 Å². The predicted octanol–water partition coefficient (Wildman–Crippen LogP) is 5.89. The van der Waals surface area contributed by atoms with Crippen molar-refractivity contribution >= 4 is 17.7 Å². The summed E-state index contributed by atoms with van der Waals surface area (Å²) in [5, 5.41) is 10.4. The molecule has 0 radical (unpaired) electrons. The Balaban J connectivity index is 1.47. The normalized spacial score (nSPS) is 22.5. The molecule has 6 nitrogen and oxygen atoms in total. The van der Waals surface area contributed by atoms with Gasteiger partial charge < -0.3 is 24.1 Å². The van der Waals surface area contributed by atoms with Crippen molar-refractivity contribution in [3.05, 3.63) is 138 Å². The summed E-state index contributed by atoms with van der Waals surface area (Å²) in [7, 11) is 0. The van der Waals surface area contributed by atoms with Crippen LogP contribution in [0.3, 0.4) is 0 Å². The largest absolute Gasteiger partial charge is 0.452 e. The van der Waals surface area contributed by atoms with Gasteiger partial charge in [-0.15, -0.1) is 0 Å². The minimum atomic E-state index is -0.829. The zero-order valence-corrected chi connectivity index (χ0v) is 22.8. The molecule has 4 aromatic carbocycles. The van der Waals surface area contributed by atoms with Crippen LogP contribution in [0.15, 0.2) is 126 Å². The molecule has 0 aromatic heterocycles. The minimum absolute atomic E-state index is 0.275. The average Bonchev–Trinajstić information content (AvgIpc) is 3.02. The van der Waals surface area contributed by atoms with Gasteiger partial charge in [0.25, 0.3) is 0 Å². The van der Waals surface area contributed by atoms with E-state index in [1.165, 1.54) is 11.8 Å². The summed E-state index contributed by atoms with van der Waals surface area (Å²) in [6.07, 6.45) is -2.94. The summed E-state index contributed by atoms with van der Waals surface area (Å²) in [6, 6.07) is 38.2. The highest BCUT2D eigenvalue weighted by molar-refractivity contribution is 7.99. The van der Waals surface area contributed by atoms with Gasteiger partial charge >= 0.3 is 5.97 Å². The average molecular weight is 557 g/mol. The number of thioether (sulfide) groups is 1. The third-order valence-corrected chi connectivity index (χ3v) is 7.75. The van der Waals surface area contributed by atoms with E-state index in [-0.39, 0.29) is 19.8 Å². The maximum Gasteiger partial charge on any atom is 0.338 e. The number of ether oxygens (including phenoxy) is 4. The van der Waals surface area contributed by atoms with Crippen LogP contribution in [-0.2, 0) is 32.2 Å². The molecular weight excluding hydrogens is 524 g/mol. The van der Waals surface area contributed by atoms with Crippen molar-refractivity contribution in [2.75, 3.05) is 6.61 Å². The lowest BCUT2D eigenvalue weighted by atomic mass is 9.99. The SMILES string of the molecule is O=C(O[C@@H]1[C@@H](OCc2ccccc2)[C@@H](OCc2ccccc2)[C@@H](CO)O[C@H]1Sc1ccccc1)c1ccccc1. The third-order valence-electron chi connectivity index (χ3n) is 6.59. The maximum absolute atomic E-state index is 13.3. The van der Waals surface area contributed by atoms with Crippen molar-refractivity contribution in [3.8, 4) is 0 Å². The first-order chi connectivity index (χ1) is 19.7. The quantitative estimate of drug-likeness (QED) is 0.231. The number of rotatable bonds is 11. The molecule has 5 rings (SSSR count). The second kappa shape index (κ2) is 14.3. The molecule has 4 aromatic rings. The number of carbonyl (C=O) groups excluding carboxylic acids is 1. The van der Waals surface area contributed by atoms with E-state index in [1.807, 2.05) is 97.1 Å². The Bertz CT molecular complexity index is 1310. The molecule has 0 bridgehead atoms. The van der Waals surface area contributed by atoms with Crippen LogP contribution >= 0.6 is 11.8 Å². The van der Waals surface area contributed by atoms with Crippen molar-refractivity contribution in [3.63, 3.8) is 0 Å². The molecule has 1 aliphatic rings. The van der Waals surface area contributed by atoms with E-state index in [1.54, 1.807) is 24.3 Å². The van der Waals surface area contributed by atoms with Crippen LogP contribution in [-0.4, -0.2) is 47.5 Å². The van der Waals surface area contributed by atoms with Gasteiger partial charge in [-0.3, -0.25) is 0 Å². The molecule has 0 aliphatic carbocycles. The summed E-state index contributed by atoms with van der Waals surface area (Å²) < 4.78 is 25.5. The van der Waals surface area contributed by atoms with E-state index in [4.69, 9.17) is 18.9 Å². The van der Waals surface area contributed by atoms with E-state index in [9.17, 15) is 9.90 Å². The van der Waals surface area contributed by atoms with Crippen LogP contribution < -0.4 is 0 Å². The van der Waals surface area contributed by atoms with E-state index in [0.29, 0.717) is 5.56 Å². The van der Waals surface area contributed by atoms with Crippen LogP contribution in [0.2, 0.25) is 0 Å². The molecule has 40 heavy (non-hydrogen) atoms. The molecule has 0 spiro atoms. The summed E-state index contributed by atoms with van der Waals surface area (Å²) in [5.41, 5.74) is 1.72. The molecule has 206 valence electrons. The lowest BCUT2D eigenvalue weighted by molar-refractivity contribution is -0.239. The Kier molecular flexibility index (Phi) is 10.0. The molecule has 5 atom stereocenters. The summed E-state index contributed by atoms with van der Waals surface area (Å²) in [6.45, 7) is 0.277. The van der Waals surface area contributed by atoms with Crippen molar-refractivity contribution in [2.45, 2.75) is 48.0 Å². The van der Waals surface area contributed by atoms with Gasteiger partial charge in [-0.05, 0) is 35.4 Å². The third kappa shape index (κ3) is 7.38. The molecule has 1 heterocycles. The smallest absolute Gasteiger partial charge is 0.338 e. The highest BCUT2D eigenvalue weighted by Crippen LogP contribution is 2.38. The van der Waals surface area contributed by atoms with Crippen LogP contribution in [0.25, 0.3) is 0 Å². The Labute approximate surface area is 238 Å². The first kappa shape index (κ1) is 28.1. The second-order valence-corrected chi connectivity index (χ2v) is 10.6. The number of esters is 1. The first-order valence-corrected chi connectivity index (χ1v) is 14.1.